The third-order valence-corrected chi connectivity index (χ3v) is 8.98. The van der Waals surface area contributed by atoms with Crippen LogP contribution in [0.2, 0.25) is 0 Å². The molecule has 40 heavy (non-hydrogen) atoms. The van der Waals surface area contributed by atoms with Crippen LogP contribution in [0.15, 0.2) is 42.5 Å². The maximum Gasteiger partial charge on any atom is 0.222 e. The van der Waals surface area contributed by atoms with Gasteiger partial charge in [-0.25, -0.2) is 0 Å². The van der Waals surface area contributed by atoms with Gasteiger partial charge in [0.2, 0.25) is 5.91 Å². The van der Waals surface area contributed by atoms with E-state index in [1.807, 2.05) is 0 Å². The zero-order valence-corrected chi connectivity index (χ0v) is 24.5. The van der Waals surface area contributed by atoms with E-state index in [4.69, 9.17) is 18.9 Å². The first-order chi connectivity index (χ1) is 19.6. The predicted octanol–water partition coefficient (Wildman–Crippen LogP) is 5.80. The fourth-order valence-electron chi connectivity index (χ4n) is 6.83. The average Bonchev–Trinajstić information content (AvgIpc) is 3.42. The molecule has 7 nitrogen and oxygen atoms in total. The molecular weight excluding hydrogens is 504 g/mol. The number of hydrogen-bond acceptors (Lipinski definition) is 6. The number of hydrogen-bond donors (Lipinski definition) is 0. The van der Waals surface area contributed by atoms with Gasteiger partial charge in [-0.3, -0.25) is 4.79 Å². The molecule has 2 aromatic carbocycles. The summed E-state index contributed by atoms with van der Waals surface area (Å²) in [5.41, 5.74) is 3.64. The highest BCUT2D eigenvalue weighted by molar-refractivity contribution is 5.78. The summed E-state index contributed by atoms with van der Waals surface area (Å²) >= 11 is 0. The van der Waals surface area contributed by atoms with Crippen LogP contribution in [-0.2, 0) is 20.9 Å². The number of methoxy groups -OCH3 is 2. The van der Waals surface area contributed by atoms with E-state index in [0.29, 0.717) is 43.4 Å². The molecule has 1 aliphatic carbocycles. The summed E-state index contributed by atoms with van der Waals surface area (Å²) in [7, 11) is 3.46. The van der Waals surface area contributed by atoms with Crippen LogP contribution in [0.25, 0.3) is 0 Å². The van der Waals surface area contributed by atoms with Crippen LogP contribution in [0.3, 0.4) is 0 Å². The third-order valence-electron chi connectivity index (χ3n) is 8.98. The largest absolute Gasteiger partial charge is 0.497 e. The number of likely N-dealkylation sites (tertiary alicyclic amines) is 1. The molecule has 1 unspecified atom stereocenters. The summed E-state index contributed by atoms with van der Waals surface area (Å²) < 4.78 is 23.3. The Balaban J connectivity index is 1.26. The molecule has 1 amide bonds. The van der Waals surface area contributed by atoms with Crippen molar-refractivity contribution in [3.8, 4) is 11.5 Å². The van der Waals surface area contributed by atoms with E-state index in [1.165, 1.54) is 11.1 Å². The van der Waals surface area contributed by atoms with E-state index < -0.39 is 0 Å². The molecule has 1 saturated heterocycles. The fourth-order valence-corrected chi connectivity index (χ4v) is 6.83. The van der Waals surface area contributed by atoms with Gasteiger partial charge in [0.15, 0.2) is 0 Å². The minimum atomic E-state index is 0.151. The van der Waals surface area contributed by atoms with Crippen LogP contribution in [0.4, 0.5) is 5.69 Å². The lowest BCUT2D eigenvalue weighted by molar-refractivity contribution is -0.129. The van der Waals surface area contributed by atoms with Crippen molar-refractivity contribution in [2.24, 2.45) is 5.92 Å². The zero-order valence-electron chi connectivity index (χ0n) is 24.5. The molecule has 0 spiro atoms. The molecule has 2 heterocycles. The summed E-state index contributed by atoms with van der Waals surface area (Å²) in [5.74, 6) is 3.05. The van der Waals surface area contributed by atoms with Crippen LogP contribution >= 0.6 is 0 Å². The van der Waals surface area contributed by atoms with Crippen LogP contribution in [0, 0.1) is 5.92 Å². The number of nitrogens with zero attached hydrogens (tertiary/aromatic N) is 2. The van der Waals surface area contributed by atoms with E-state index in [-0.39, 0.29) is 6.10 Å². The van der Waals surface area contributed by atoms with Crippen LogP contribution < -0.4 is 14.4 Å². The quantitative estimate of drug-likeness (QED) is 0.311. The third kappa shape index (κ3) is 6.92. The van der Waals surface area contributed by atoms with E-state index in [0.717, 1.165) is 82.0 Å². The molecule has 2 fully saturated rings. The molecule has 2 aromatic rings. The lowest BCUT2D eigenvalue weighted by Gasteiger charge is -2.38. The van der Waals surface area contributed by atoms with E-state index in [1.54, 1.807) is 14.2 Å². The Hall–Kier alpha value is -2.77. The van der Waals surface area contributed by atoms with Crippen molar-refractivity contribution < 1.29 is 23.7 Å². The lowest BCUT2D eigenvalue weighted by atomic mass is 9.74. The Labute approximate surface area is 239 Å². The molecule has 0 N–H and O–H groups in total. The number of rotatable bonds is 12. The Morgan fingerprint density at radius 1 is 1.07 bits per heavy atom. The van der Waals surface area contributed by atoms with Gasteiger partial charge in [0, 0.05) is 45.2 Å². The number of carbonyl (C=O) groups is 1. The molecule has 5 rings (SSSR count). The standard InChI is InChI=1S/C33H46N2O5/c1-24(35-16-4-6-33(35)36)20-25-7-13-31(29(21-25)27-9-11-28(38-3)12-10-27)40-23-26-8-14-32-30(22-26)34(17-19-39-32)15-5-18-37-2/h8-12,14,22,24-25,29,31H,4-7,13,15-21,23H2,1-3H3/t24?,25-,29+,31-/m0/s1. The van der Waals surface area contributed by atoms with Gasteiger partial charge in [-0.2, -0.15) is 0 Å². The Morgan fingerprint density at radius 3 is 2.67 bits per heavy atom. The fraction of sp³-hybridized carbons (Fsp3) is 0.606. The molecule has 0 radical (unpaired) electrons. The minimum absolute atomic E-state index is 0.151. The normalized spacial score (nSPS) is 23.6. The summed E-state index contributed by atoms with van der Waals surface area (Å²) in [4.78, 5) is 16.8. The van der Waals surface area contributed by atoms with Gasteiger partial charge in [0.1, 0.15) is 18.1 Å². The van der Waals surface area contributed by atoms with Crippen LogP contribution in [-0.4, -0.2) is 70.0 Å². The Bertz CT molecular complexity index is 1110. The zero-order chi connectivity index (χ0) is 27.9. The molecule has 7 heteroatoms. The predicted molar refractivity (Wildman–Crippen MR) is 157 cm³/mol. The molecule has 1 saturated carbocycles. The van der Waals surface area contributed by atoms with Crippen molar-refractivity contribution in [3.63, 3.8) is 0 Å². The highest BCUT2D eigenvalue weighted by Crippen LogP contribution is 2.42. The number of carbonyl (C=O) groups excluding carboxylic acids is 1. The van der Waals surface area contributed by atoms with Crippen molar-refractivity contribution in [2.45, 2.75) is 76.5 Å². The summed E-state index contributed by atoms with van der Waals surface area (Å²) in [6, 6.07) is 15.3. The smallest absolute Gasteiger partial charge is 0.222 e. The van der Waals surface area contributed by atoms with Crippen molar-refractivity contribution >= 4 is 11.6 Å². The summed E-state index contributed by atoms with van der Waals surface area (Å²) in [6.45, 7) is 7.05. The van der Waals surface area contributed by atoms with Gasteiger partial charge in [0.05, 0.1) is 32.1 Å². The molecule has 0 aromatic heterocycles. The van der Waals surface area contributed by atoms with E-state index in [9.17, 15) is 4.79 Å². The summed E-state index contributed by atoms with van der Waals surface area (Å²) in [5, 5.41) is 0. The second-order valence-electron chi connectivity index (χ2n) is 11.7. The average molecular weight is 551 g/mol. The topological polar surface area (TPSA) is 60.5 Å². The monoisotopic (exact) mass is 550 g/mol. The highest BCUT2D eigenvalue weighted by Gasteiger charge is 2.35. The van der Waals surface area contributed by atoms with Crippen molar-refractivity contribution in [3.05, 3.63) is 53.6 Å². The number of anilines is 1. The van der Waals surface area contributed by atoms with Crippen LogP contribution in [0.1, 0.15) is 68.9 Å². The molecular formula is C33H46N2O5. The van der Waals surface area contributed by atoms with Crippen LogP contribution in [0.5, 0.6) is 11.5 Å². The number of amides is 1. The number of benzene rings is 2. The lowest BCUT2D eigenvalue weighted by Crippen LogP contribution is -2.37. The number of ether oxygens (including phenoxy) is 4. The van der Waals surface area contributed by atoms with Crippen molar-refractivity contribution in [2.75, 3.05) is 52.0 Å². The molecule has 3 aliphatic rings. The first-order valence-electron chi connectivity index (χ1n) is 15.1. The van der Waals surface area contributed by atoms with Gasteiger partial charge >= 0.3 is 0 Å². The first kappa shape index (κ1) is 28.7. The number of fused-ring (bicyclic) bond motifs is 1. The Kier molecular flexibility index (Phi) is 9.87. The van der Waals surface area contributed by atoms with Crippen molar-refractivity contribution in [1.82, 2.24) is 4.90 Å². The second-order valence-corrected chi connectivity index (χ2v) is 11.7. The summed E-state index contributed by atoms with van der Waals surface area (Å²) in [6.07, 6.45) is 7.15. The maximum atomic E-state index is 12.3. The van der Waals surface area contributed by atoms with E-state index >= 15 is 0 Å². The van der Waals surface area contributed by atoms with Gasteiger partial charge in [0.25, 0.3) is 0 Å². The molecule has 218 valence electrons. The van der Waals surface area contributed by atoms with Gasteiger partial charge in [-0.15, -0.1) is 0 Å². The highest BCUT2D eigenvalue weighted by atomic mass is 16.5. The second kappa shape index (κ2) is 13.7. The minimum Gasteiger partial charge on any atom is -0.497 e. The molecule has 0 bridgehead atoms. The van der Waals surface area contributed by atoms with Gasteiger partial charge in [-0.1, -0.05) is 18.2 Å². The van der Waals surface area contributed by atoms with E-state index in [2.05, 4.69) is 59.2 Å². The van der Waals surface area contributed by atoms with Crippen molar-refractivity contribution in [1.29, 1.82) is 0 Å². The Morgan fingerprint density at radius 2 is 1.93 bits per heavy atom. The first-order valence-corrected chi connectivity index (χ1v) is 15.1. The molecule has 2 aliphatic heterocycles. The molecule has 4 atom stereocenters. The van der Waals surface area contributed by atoms with Gasteiger partial charge < -0.3 is 28.7 Å². The maximum absolute atomic E-state index is 12.3. The SMILES string of the molecule is COCCCN1CCOc2ccc(CO[C@H]3CC[C@@H](CC(C)N4CCCC4=O)C[C@@H]3c3ccc(OC)cc3)cc21. The van der Waals surface area contributed by atoms with Gasteiger partial charge in [-0.05, 0) is 86.8 Å².